The van der Waals surface area contributed by atoms with E-state index in [1.165, 1.54) is 4.90 Å². The zero-order valence-corrected chi connectivity index (χ0v) is 17.2. The number of sulfonamides is 1. The van der Waals surface area contributed by atoms with Crippen molar-refractivity contribution in [2.75, 3.05) is 13.1 Å². The van der Waals surface area contributed by atoms with Crippen LogP contribution >= 0.6 is 11.6 Å². The average molecular weight is 443 g/mol. The average Bonchev–Trinajstić information content (AvgIpc) is 2.52. The molecular weight excluding hydrogens is 421 g/mol. The Balaban J connectivity index is 2.06. The molecule has 1 aliphatic rings. The highest BCUT2D eigenvalue weighted by molar-refractivity contribution is 7.89. The van der Waals surface area contributed by atoms with E-state index >= 15 is 0 Å². The number of likely N-dealkylation sites (tertiary alicyclic amines) is 1. The lowest BCUT2D eigenvalue weighted by Gasteiger charge is -2.33. The number of alkyl halides is 3. The Bertz CT molecular complexity index is 830. The van der Waals surface area contributed by atoms with Crippen molar-refractivity contribution in [3.05, 3.63) is 28.8 Å². The molecule has 0 saturated carbocycles. The Kier molecular flexibility index (Phi) is 6.57. The summed E-state index contributed by atoms with van der Waals surface area (Å²) in [6.45, 7) is 5.75. The van der Waals surface area contributed by atoms with Gasteiger partial charge in [-0.15, -0.1) is 0 Å². The molecule has 1 amide bonds. The zero-order valence-electron chi connectivity index (χ0n) is 15.6. The maximum absolute atomic E-state index is 12.9. The topological polar surface area (TPSA) is 75.7 Å². The maximum atomic E-state index is 12.9. The monoisotopic (exact) mass is 442 g/mol. The van der Waals surface area contributed by atoms with Crippen molar-refractivity contribution in [2.24, 2.45) is 0 Å². The first-order valence-electron chi connectivity index (χ1n) is 8.56. The Morgan fingerprint density at radius 1 is 1.21 bits per heavy atom. The van der Waals surface area contributed by atoms with E-state index in [-0.39, 0.29) is 18.1 Å². The van der Waals surface area contributed by atoms with Crippen molar-refractivity contribution in [1.29, 1.82) is 0 Å². The van der Waals surface area contributed by atoms with E-state index in [1.54, 1.807) is 20.8 Å². The van der Waals surface area contributed by atoms with E-state index in [0.717, 1.165) is 12.1 Å². The molecule has 0 radical (unpaired) electrons. The molecule has 1 N–H and O–H groups in total. The van der Waals surface area contributed by atoms with Crippen LogP contribution in [0.2, 0.25) is 5.02 Å². The molecule has 6 nitrogen and oxygen atoms in total. The van der Waals surface area contributed by atoms with Gasteiger partial charge in [0.2, 0.25) is 10.0 Å². The van der Waals surface area contributed by atoms with Gasteiger partial charge in [0.15, 0.2) is 0 Å². The van der Waals surface area contributed by atoms with E-state index in [4.69, 9.17) is 16.3 Å². The first-order valence-corrected chi connectivity index (χ1v) is 10.4. The van der Waals surface area contributed by atoms with Gasteiger partial charge in [0.05, 0.1) is 10.6 Å². The Morgan fingerprint density at radius 2 is 1.79 bits per heavy atom. The van der Waals surface area contributed by atoms with Crippen LogP contribution in [0.5, 0.6) is 0 Å². The summed E-state index contributed by atoms with van der Waals surface area (Å²) >= 11 is 5.82. The first kappa shape index (κ1) is 22.8. The molecule has 0 atom stereocenters. The predicted molar refractivity (Wildman–Crippen MR) is 97.6 cm³/mol. The molecule has 11 heteroatoms. The van der Waals surface area contributed by atoms with Gasteiger partial charge in [0.25, 0.3) is 0 Å². The molecule has 1 aliphatic heterocycles. The highest BCUT2D eigenvalue weighted by Crippen LogP contribution is 2.33. The van der Waals surface area contributed by atoms with Gasteiger partial charge in [0.1, 0.15) is 10.5 Å². The molecule has 0 bridgehead atoms. The van der Waals surface area contributed by atoms with Crippen LogP contribution in [0, 0.1) is 0 Å². The Hall–Kier alpha value is -1.52. The number of halogens is 4. The first-order chi connectivity index (χ1) is 12.7. The van der Waals surface area contributed by atoms with E-state index in [0.29, 0.717) is 18.9 Å². The normalized spacial score (nSPS) is 16.9. The third kappa shape index (κ3) is 5.99. The summed E-state index contributed by atoms with van der Waals surface area (Å²) in [5, 5.41) is -0.299. The number of rotatable bonds is 3. The second-order valence-electron chi connectivity index (χ2n) is 7.51. The van der Waals surface area contributed by atoms with Gasteiger partial charge in [-0.3, -0.25) is 0 Å². The summed E-state index contributed by atoms with van der Waals surface area (Å²) in [6, 6.07) is 1.61. The quantitative estimate of drug-likeness (QED) is 0.766. The lowest BCUT2D eigenvalue weighted by molar-refractivity contribution is -0.137. The van der Waals surface area contributed by atoms with Crippen molar-refractivity contribution >= 4 is 27.7 Å². The van der Waals surface area contributed by atoms with Gasteiger partial charge in [0, 0.05) is 19.1 Å². The Labute approximate surface area is 167 Å². The maximum Gasteiger partial charge on any atom is 0.416 e. The van der Waals surface area contributed by atoms with Crippen molar-refractivity contribution in [2.45, 2.75) is 56.3 Å². The van der Waals surface area contributed by atoms with Crippen LogP contribution in [0.1, 0.15) is 39.2 Å². The van der Waals surface area contributed by atoms with Gasteiger partial charge in [-0.05, 0) is 51.8 Å². The number of carbonyl (C=O) groups is 1. The van der Waals surface area contributed by atoms with Gasteiger partial charge in [-0.25, -0.2) is 17.9 Å². The summed E-state index contributed by atoms with van der Waals surface area (Å²) < 4.78 is 71.3. The number of piperidine rings is 1. The van der Waals surface area contributed by atoms with E-state index < -0.39 is 44.4 Å². The van der Waals surface area contributed by atoms with E-state index in [1.807, 2.05) is 0 Å². The summed E-state index contributed by atoms with van der Waals surface area (Å²) in [5.41, 5.74) is -1.74. The molecule has 0 unspecified atom stereocenters. The van der Waals surface area contributed by atoms with Gasteiger partial charge < -0.3 is 9.64 Å². The minimum absolute atomic E-state index is 0.262. The minimum atomic E-state index is -4.69. The Morgan fingerprint density at radius 3 is 2.29 bits per heavy atom. The van der Waals surface area contributed by atoms with E-state index in [2.05, 4.69) is 4.72 Å². The zero-order chi connectivity index (χ0) is 21.3. The predicted octanol–water partition coefficient (Wildman–Crippen LogP) is 4.04. The molecule has 158 valence electrons. The fourth-order valence-electron chi connectivity index (χ4n) is 2.67. The highest BCUT2D eigenvalue weighted by atomic mass is 35.5. The van der Waals surface area contributed by atoms with Crippen molar-refractivity contribution in [3.63, 3.8) is 0 Å². The number of nitrogens with one attached hydrogen (secondary N) is 1. The number of carbonyl (C=O) groups excluding carboxylic acids is 1. The molecule has 28 heavy (non-hydrogen) atoms. The number of nitrogens with zero attached hydrogens (tertiary/aromatic N) is 1. The van der Waals surface area contributed by atoms with Crippen LogP contribution in [-0.4, -0.2) is 44.1 Å². The third-order valence-electron chi connectivity index (χ3n) is 4.02. The fraction of sp³-hybridized carbons (Fsp3) is 0.588. The van der Waals surface area contributed by atoms with Crippen molar-refractivity contribution in [3.8, 4) is 0 Å². The highest BCUT2D eigenvalue weighted by Gasteiger charge is 2.34. The second kappa shape index (κ2) is 8.08. The standard InChI is InChI=1S/C17H22ClF3N2O4S/c1-16(2,3)27-15(24)23-8-6-12(7-9-23)22-28(25,26)14-10-11(17(19,20)21)4-5-13(14)18/h4-5,10,12,22H,6-9H2,1-3H3. The van der Waals surface area contributed by atoms with Crippen LogP contribution in [-0.2, 0) is 20.9 Å². The van der Waals surface area contributed by atoms with Crippen LogP contribution in [0.3, 0.4) is 0 Å². The second-order valence-corrected chi connectivity index (χ2v) is 9.60. The smallest absolute Gasteiger partial charge is 0.416 e. The number of ether oxygens (including phenoxy) is 1. The van der Waals surface area contributed by atoms with Gasteiger partial charge in [-0.1, -0.05) is 11.6 Å². The van der Waals surface area contributed by atoms with Crippen LogP contribution in [0.15, 0.2) is 23.1 Å². The summed E-state index contributed by atoms with van der Waals surface area (Å²) in [7, 11) is -4.26. The molecule has 1 fully saturated rings. The minimum Gasteiger partial charge on any atom is -0.444 e. The molecule has 1 aromatic rings. The van der Waals surface area contributed by atoms with E-state index in [9.17, 15) is 26.4 Å². The molecule has 1 aromatic carbocycles. The van der Waals surface area contributed by atoms with Crippen LogP contribution < -0.4 is 4.72 Å². The summed E-state index contributed by atoms with van der Waals surface area (Å²) in [5.74, 6) is 0. The molecule has 2 rings (SSSR count). The molecule has 0 aromatic heterocycles. The lowest BCUT2D eigenvalue weighted by atomic mass is 10.1. The molecule has 0 aliphatic carbocycles. The molecule has 0 spiro atoms. The number of hydrogen-bond acceptors (Lipinski definition) is 4. The molecular formula is C17H22ClF3N2O4S. The number of amides is 1. The van der Waals surface area contributed by atoms with Crippen LogP contribution in [0.25, 0.3) is 0 Å². The molecule has 1 saturated heterocycles. The third-order valence-corrected chi connectivity index (χ3v) is 6.02. The van der Waals surface area contributed by atoms with Crippen molar-refractivity contribution < 1.29 is 31.1 Å². The number of hydrogen-bond donors (Lipinski definition) is 1. The molecule has 1 heterocycles. The van der Waals surface area contributed by atoms with Crippen LogP contribution in [0.4, 0.5) is 18.0 Å². The largest absolute Gasteiger partial charge is 0.444 e. The van der Waals surface area contributed by atoms with Gasteiger partial charge in [-0.2, -0.15) is 13.2 Å². The SMILES string of the molecule is CC(C)(C)OC(=O)N1CCC(NS(=O)(=O)c2cc(C(F)(F)F)ccc2Cl)CC1. The number of benzene rings is 1. The fourth-order valence-corrected chi connectivity index (χ4v) is 4.51. The lowest BCUT2D eigenvalue weighted by Crippen LogP contribution is -2.47. The van der Waals surface area contributed by atoms with Crippen molar-refractivity contribution in [1.82, 2.24) is 9.62 Å². The van der Waals surface area contributed by atoms with Gasteiger partial charge >= 0.3 is 12.3 Å². The summed E-state index contributed by atoms with van der Waals surface area (Å²) in [6.07, 6.45) is -4.58. The summed E-state index contributed by atoms with van der Waals surface area (Å²) in [4.78, 5) is 12.9.